The first-order valence-corrected chi connectivity index (χ1v) is 7.83. The van der Waals surface area contributed by atoms with E-state index < -0.39 is 10.1 Å². The number of hydrogen-bond acceptors (Lipinski definition) is 2. The minimum Gasteiger partial charge on any atom is -0.282 e. The Morgan fingerprint density at radius 1 is 0.773 bits per heavy atom. The van der Waals surface area contributed by atoms with Gasteiger partial charge in [-0.05, 0) is 11.6 Å². The Morgan fingerprint density at radius 3 is 1.45 bits per heavy atom. The molecule has 4 heteroatoms. The summed E-state index contributed by atoms with van der Waals surface area (Å²) < 4.78 is 30.2. The van der Waals surface area contributed by atoms with Gasteiger partial charge in [0.25, 0.3) is 10.1 Å². The highest BCUT2D eigenvalue weighted by atomic mass is 32.2. The van der Waals surface area contributed by atoms with Crippen molar-refractivity contribution >= 4 is 16.2 Å². The largest absolute Gasteiger partial charge is 0.295 e. The lowest BCUT2D eigenvalue weighted by Crippen LogP contribution is -1.99. The molecule has 0 aliphatic heterocycles. The van der Waals surface area contributed by atoms with Crippen LogP contribution in [0.25, 0.3) is 6.08 Å². The van der Waals surface area contributed by atoms with Crippen LogP contribution < -0.4 is 0 Å². The van der Waals surface area contributed by atoms with E-state index >= 15 is 0 Å². The smallest absolute Gasteiger partial charge is 0.282 e. The maximum Gasteiger partial charge on any atom is 0.295 e. The summed E-state index contributed by atoms with van der Waals surface area (Å²) in [5.74, 6) is 0. The van der Waals surface area contributed by atoms with Gasteiger partial charge in [0.1, 0.15) is 4.90 Å². The monoisotopic (exact) mass is 316 g/mol. The first kappa shape index (κ1) is 19.6. The molecular weight excluding hydrogens is 296 g/mol. The first-order chi connectivity index (χ1) is 10.5. The van der Waals surface area contributed by atoms with E-state index in [1.54, 1.807) is 24.3 Å². The molecule has 1 N–H and O–H groups in total. The summed E-state index contributed by atoms with van der Waals surface area (Å²) in [6.45, 7) is 10.2. The molecule has 0 spiro atoms. The van der Waals surface area contributed by atoms with Gasteiger partial charge in [0, 0.05) is 0 Å². The van der Waals surface area contributed by atoms with Crippen molar-refractivity contribution in [3.63, 3.8) is 0 Å². The minimum atomic E-state index is -4.12. The van der Waals surface area contributed by atoms with E-state index in [9.17, 15) is 8.42 Å². The molecule has 0 bridgehead atoms. The van der Waals surface area contributed by atoms with Crippen LogP contribution in [0.3, 0.4) is 0 Å². The van der Waals surface area contributed by atoms with Crippen LogP contribution in [-0.4, -0.2) is 13.0 Å². The Labute approximate surface area is 132 Å². The molecular formula is C18H20O3S. The molecule has 0 radical (unpaired) electrons. The normalized spacial score (nSPS) is 9.14. The molecule has 0 atom stereocenters. The highest BCUT2D eigenvalue weighted by Crippen LogP contribution is 2.15. The molecule has 0 aliphatic carbocycles. The lowest BCUT2D eigenvalue weighted by Gasteiger charge is -2.00. The number of rotatable bonds is 3. The van der Waals surface area contributed by atoms with E-state index in [1.165, 1.54) is 18.2 Å². The number of hydrogen-bond donors (Lipinski definition) is 1. The van der Waals surface area contributed by atoms with E-state index in [-0.39, 0.29) is 4.90 Å². The number of allylic oxidation sites excluding steroid dienone is 2. The fourth-order valence-corrected chi connectivity index (χ4v) is 1.97. The van der Waals surface area contributed by atoms with Crippen molar-refractivity contribution in [2.24, 2.45) is 0 Å². The standard InChI is InChI=1S/C8H8O3S.C6H6.C4H6/c1-2-7-5-3-4-6-8(7)12(9,10)11;1-2-4-6-5-3-1;1-3-4-2/h2-6H,1H2,(H,9,10,11);1-6H;3-4H,1-2H2. The third-order valence-corrected chi connectivity index (χ3v) is 3.18. The molecule has 0 saturated carbocycles. The van der Waals surface area contributed by atoms with Crippen LogP contribution in [-0.2, 0) is 10.1 Å². The molecule has 116 valence electrons. The van der Waals surface area contributed by atoms with E-state index in [0.717, 1.165) is 0 Å². The summed E-state index contributed by atoms with van der Waals surface area (Å²) in [5.41, 5.74) is 0.403. The zero-order valence-corrected chi connectivity index (χ0v) is 13.1. The average Bonchev–Trinajstić information content (AvgIpc) is 2.56. The van der Waals surface area contributed by atoms with Crippen LogP contribution in [0.15, 0.2) is 97.4 Å². The van der Waals surface area contributed by atoms with Gasteiger partial charge >= 0.3 is 0 Å². The van der Waals surface area contributed by atoms with Crippen molar-refractivity contribution in [2.45, 2.75) is 4.90 Å². The molecule has 3 nitrogen and oxygen atoms in total. The van der Waals surface area contributed by atoms with Crippen molar-refractivity contribution in [1.82, 2.24) is 0 Å². The Bertz CT molecular complexity index is 642. The zero-order chi connectivity index (χ0) is 16.8. The van der Waals surface area contributed by atoms with Gasteiger partial charge in [-0.25, -0.2) is 0 Å². The maximum absolute atomic E-state index is 10.7. The molecule has 0 aliphatic rings. The fourth-order valence-electron chi connectivity index (χ4n) is 1.27. The van der Waals surface area contributed by atoms with Crippen LogP contribution >= 0.6 is 0 Å². The van der Waals surface area contributed by atoms with Crippen molar-refractivity contribution in [3.05, 3.63) is 98.1 Å². The van der Waals surface area contributed by atoms with E-state index in [0.29, 0.717) is 5.56 Å². The van der Waals surface area contributed by atoms with Gasteiger partial charge in [-0.1, -0.05) is 92.6 Å². The second kappa shape index (κ2) is 11.3. The third kappa shape index (κ3) is 8.68. The highest BCUT2D eigenvalue weighted by molar-refractivity contribution is 7.85. The molecule has 0 amide bonds. The van der Waals surface area contributed by atoms with Gasteiger partial charge in [-0.2, -0.15) is 8.42 Å². The Morgan fingerprint density at radius 2 is 1.18 bits per heavy atom. The van der Waals surface area contributed by atoms with Crippen molar-refractivity contribution < 1.29 is 13.0 Å². The van der Waals surface area contributed by atoms with E-state index in [4.69, 9.17) is 4.55 Å². The summed E-state index contributed by atoms with van der Waals surface area (Å²) in [4.78, 5) is -0.111. The minimum absolute atomic E-state index is 0.111. The second-order valence-corrected chi connectivity index (χ2v) is 5.23. The number of benzene rings is 2. The lowest BCUT2D eigenvalue weighted by molar-refractivity contribution is 0.483. The molecule has 2 rings (SSSR count). The molecule has 0 unspecified atom stereocenters. The fraction of sp³-hybridized carbons (Fsp3) is 0. The molecule has 2 aromatic rings. The quantitative estimate of drug-likeness (QED) is 0.664. The Hall–Kier alpha value is -2.43. The molecule has 22 heavy (non-hydrogen) atoms. The molecule has 2 aromatic carbocycles. The molecule has 0 saturated heterocycles. The van der Waals surface area contributed by atoms with Crippen molar-refractivity contribution in [2.75, 3.05) is 0 Å². The van der Waals surface area contributed by atoms with Gasteiger partial charge in [-0.3, -0.25) is 4.55 Å². The Kier molecular flexibility index (Phi) is 10.0. The SMILES string of the molecule is C=CC=C.C=Cc1ccccc1S(=O)(=O)O.c1ccccc1. The summed E-state index contributed by atoms with van der Waals surface area (Å²) in [7, 11) is -4.12. The second-order valence-electron chi connectivity index (χ2n) is 3.84. The maximum atomic E-state index is 10.7. The van der Waals surface area contributed by atoms with Gasteiger partial charge in [0.05, 0.1) is 0 Å². The van der Waals surface area contributed by atoms with Crippen LogP contribution in [0.5, 0.6) is 0 Å². The van der Waals surface area contributed by atoms with Crippen LogP contribution in [0.2, 0.25) is 0 Å². The van der Waals surface area contributed by atoms with Crippen molar-refractivity contribution in [3.8, 4) is 0 Å². The van der Waals surface area contributed by atoms with Gasteiger partial charge in [0.15, 0.2) is 0 Å². The molecule has 0 fully saturated rings. The predicted molar refractivity (Wildman–Crippen MR) is 93.2 cm³/mol. The Balaban J connectivity index is 0.000000366. The summed E-state index contributed by atoms with van der Waals surface area (Å²) >= 11 is 0. The topological polar surface area (TPSA) is 54.4 Å². The van der Waals surface area contributed by atoms with Crippen LogP contribution in [0, 0.1) is 0 Å². The summed E-state index contributed by atoms with van der Waals surface area (Å²) in [5, 5.41) is 0. The van der Waals surface area contributed by atoms with Gasteiger partial charge in [0.2, 0.25) is 0 Å². The van der Waals surface area contributed by atoms with Gasteiger partial charge in [-0.15, -0.1) is 0 Å². The molecule has 0 aromatic heterocycles. The lowest BCUT2D eigenvalue weighted by atomic mass is 10.2. The van der Waals surface area contributed by atoms with E-state index in [2.05, 4.69) is 19.7 Å². The summed E-state index contributed by atoms with van der Waals surface area (Å²) in [6.07, 6.45) is 4.66. The summed E-state index contributed by atoms with van der Waals surface area (Å²) in [6, 6.07) is 18.1. The third-order valence-electron chi connectivity index (χ3n) is 2.25. The molecule has 0 heterocycles. The average molecular weight is 316 g/mol. The van der Waals surface area contributed by atoms with Crippen LogP contribution in [0.1, 0.15) is 5.56 Å². The first-order valence-electron chi connectivity index (χ1n) is 6.39. The van der Waals surface area contributed by atoms with Crippen LogP contribution in [0.4, 0.5) is 0 Å². The van der Waals surface area contributed by atoms with E-state index in [1.807, 2.05) is 36.4 Å². The van der Waals surface area contributed by atoms with Gasteiger partial charge < -0.3 is 0 Å². The predicted octanol–water partition coefficient (Wildman–Crippen LogP) is 4.62. The zero-order valence-electron chi connectivity index (χ0n) is 12.3. The van der Waals surface area contributed by atoms with Crippen molar-refractivity contribution in [1.29, 1.82) is 0 Å². The highest BCUT2D eigenvalue weighted by Gasteiger charge is 2.11.